The van der Waals surface area contributed by atoms with Crippen LogP contribution in [0.2, 0.25) is 0 Å². The number of rotatable bonds is 34. The van der Waals surface area contributed by atoms with Gasteiger partial charge in [-0.2, -0.15) is 0 Å². The lowest BCUT2D eigenvalue weighted by atomic mass is 10.0. The SMILES string of the molecule is COc1ccc(O[C@@H]2O[C@@H]([C@@H]3COC(C)(C)O3)[C@H](OC3O[C@@H]([C@H](COCc4ccccc4)OC(=O)c4ccc5ccccc5n4)[C@H](OCc4ccccc4)[C@H]3OCc3ccccc3)[C@H]2O[C@@H]2O[C@@H]([C@H](COC(=O)c3ccc4ccccc4n3)OCc3ccccc3)[C@H](OCc3ccccc3)[C@H]2OCc2ccccc2)cc1. The Hall–Kier alpha value is -10.2. The van der Waals surface area contributed by atoms with E-state index in [1.54, 1.807) is 43.5 Å². The number of hydrogen-bond donors (Lipinski definition) is 0. The molecule has 21 nitrogen and oxygen atoms in total. The number of aromatic nitrogens is 2. The molecule has 4 aliphatic rings. The Morgan fingerprint density at radius 2 is 0.838 bits per heavy atom. The minimum absolute atomic E-state index is 0.0398. The van der Waals surface area contributed by atoms with E-state index in [9.17, 15) is 9.59 Å². The summed E-state index contributed by atoms with van der Waals surface area (Å²) in [7, 11) is 1.58. The fraction of sp³-hybridized carbons (Fsp3) is 0.311. The Morgan fingerprint density at radius 3 is 1.32 bits per heavy atom. The van der Waals surface area contributed by atoms with Crippen LogP contribution in [0.3, 0.4) is 0 Å². The van der Waals surface area contributed by atoms with Crippen molar-refractivity contribution >= 4 is 33.7 Å². The number of fused-ring (bicyclic) bond motifs is 2. The highest BCUT2D eigenvalue weighted by molar-refractivity contribution is 5.92. The highest BCUT2D eigenvalue weighted by Gasteiger charge is 2.61. The predicted octanol–water partition coefficient (Wildman–Crippen LogP) is 14.5. The average Bonchev–Trinajstić information content (AvgIpc) is 1.60. The molecule has 11 aromatic rings. The summed E-state index contributed by atoms with van der Waals surface area (Å²) in [6, 6.07) is 87.2. The first kappa shape index (κ1) is 76.2. The van der Waals surface area contributed by atoms with Gasteiger partial charge in [0.05, 0.1) is 71.0 Å². The number of pyridine rings is 2. The maximum Gasteiger partial charge on any atom is 0.357 e. The van der Waals surface area contributed by atoms with Gasteiger partial charge in [-0.1, -0.05) is 231 Å². The smallest absolute Gasteiger partial charge is 0.357 e. The molecule has 4 aliphatic heterocycles. The largest absolute Gasteiger partial charge is 0.497 e. The maximum absolute atomic E-state index is 15.0. The summed E-state index contributed by atoms with van der Waals surface area (Å²) >= 11 is 0. The third-order valence-electron chi connectivity index (χ3n) is 19.7. The topological polar surface area (TPSA) is 217 Å². The molecule has 21 heteroatoms. The van der Waals surface area contributed by atoms with E-state index in [0.717, 1.165) is 44.2 Å². The monoisotopic (exact) mass is 1500 g/mol. The first-order valence-corrected chi connectivity index (χ1v) is 37.4. The molecule has 15 rings (SSSR count). The zero-order chi connectivity index (χ0) is 75.7. The van der Waals surface area contributed by atoms with Crippen LogP contribution in [0, 0.1) is 0 Å². The van der Waals surface area contributed by atoms with E-state index in [-0.39, 0.29) is 70.8 Å². The van der Waals surface area contributed by atoms with Crippen molar-refractivity contribution in [1.82, 2.24) is 9.97 Å². The summed E-state index contributed by atoms with van der Waals surface area (Å²) < 4.78 is 119. The average molecular weight is 1500 g/mol. The Balaban J connectivity index is 0.842. The van der Waals surface area contributed by atoms with Crippen LogP contribution in [0.15, 0.2) is 279 Å². The van der Waals surface area contributed by atoms with Crippen LogP contribution in [-0.2, 0) is 111 Å². The van der Waals surface area contributed by atoms with Gasteiger partial charge in [-0.15, -0.1) is 0 Å². The van der Waals surface area contributed by atoms with Crippen molar-refractivity contribution in [2.24, 2.45) is 0 Å². The fourth-order valence-electron chi connectivity index (χ4n) is 14.1. The molecule has 6 heterocycles. The van der Waals surface area contributed by atoms with Gasteiger partial charge in [0, 0.05) is 10.8 Å². The van der Waals surface area contributed by atoms with E-state index in [4.69, 9.17) is 85.5 Å². The van der Waals surface area contributed by atoms with Crippen LogP contribution in [-0.4, -0.2) is 147 Å². The van der Waals surface area contributed by atoms with Crippen molar-refractivity contribution in [2.45, 2.75) is 151 Å². The third-order valence-corrected chi connectivity index (χ3v) is 19.7. The van der Waals surface area contributed by atoms with Crippen molar-refractivity contribution in [3.05, 3.63) is 324 Å². The quantitative estimate of drug-likeness (QED) is 0.0342. The summed E-state index contributed by atoms with van der Waals surface area (Å²) in [6.45, 7) is 3.64. The number of carbonyl (C=O) groups excluding carboxylic acids is 2. The number of ether oxygens (including phenoxy) is 17. The van der Waals surface area contributed by atoms with Crippen LogP contribution in [0.1, 0.15) is 68.2 Å². The summed E-state index contributed by atoms with van der Waals surface area (Å²) in [4.78, 5) is 38.9. The molecule has 572 valence electrons. The molecule has 0 bridgehead atoms. The number of methoxy groups -OCH3 is 1. The van der Waals surface area contributed by atoms with Crippen LogP contribution >= 0.6 is 0 Å². The van der Waals surface area contributed by atoms with Crippen LogP contribution < -0.4 is 9.47 Å². The van der Waals surface area contributed by atoms with Gasteiger partial charge in [0.2, 0.25) is 6.29 Å². The molecule has 9 aromatic carbocycles. The number of carbonyl (C=O) groups is 2. The highest BCUT2D eigenvalue weighted by Crippen LogP contribution is 2.43. The lowest BCUT2D eigenvalue weighted by Crippen LogP contribution is -2.50. The van der Waals surface area contributed by atoms with E-state index < -0.39 is 110 Å². The zero-order valence-corrected chi connectivity index (χ0v) is 61.7. The van der Waals surface area contributed by atoms with Gasteiger partial charge in [-0.3, -0.25) is 0 Å². The van der Waals surface area contributed by atoms with Gasteiger partial charge >= 0.3 is 11.9 Å². The maximum atomic E-state index is 15.0. The summed E-state index contributed by atoms with van der Waals surface area (Å²) in [5, 5.41) is 1.70. The number of benzene rings is 9. The minimum atomic E-state index is -1.42. The van der Waals surface area contributed by atoms with E-state index in [1.807, 2.05) is 257 Å². The molecule has 0 spiro atoms. The van der Waals surface area contributed by atoms with Crippen molar-refractivity contribution in [2.75, 3.05) is 26.9 Å². The molecule has 4 saturated heterocycles. The molecule has 4 fully saturated rings. The second-order valence-corrected chi connectivity index (χ2v) is 28.0. The Labute approximate surface area is 644 Å². The molecule has 0 amide bonds. The van der Waals surface area contributed by atoms with Crippen LogP contribution in [0.25, 0.3) is 21.8 Å². The van der Waals surface area contributed by atoms with Gasteiger partial charge in [0.15, 0.2) is 30.6 Å². The number of hydrogen-bond acceptors (Lipinski definition) is 21. The molecule has 111 heavy (non-hydrogen) atoms. The molecular formula is C90H88N2O19. The Kier molecular flexibility index (Phi) is 25.2. The standard InChI is InChI=1S/C90H88N2O19/c1-90(2)103-58-75(111-90)78-81(109-87-83(101-55-64-36-20-9-21-37-64)80(99-53-62-32-16-7-17-33-62)77(107-87)74(56-96-50-59-26-10-4-11-27-59)105-86(94)72-49-43-66-39-23-25-41-70(66)92-72)84(89(108-78)104-68-46-44-67(95-3)45-47-68)110-88-82(100-54-63-34-18-8-19-35-63)79(98-52-61-30-14-6-15-31-61)76(106-88)73(97-51-60-28-12-5-13-29-60)57-102-85(93)71-48-42-65-38-22-24-40-69(65)91-71/h4-49,73-84,87-89H,50-58H2,1-3H3/t73-,74-,75-,76-,77-,78-,79-,80-,81-,82+,83+,84+,87?,88-,89+/m0/s1. The zero-order valence-electron chi connectivity index (χ0n) is 61.7. The number of para-hydroxylation sites is 2. The van der Waals surface area contributed by atoms with Gasteiger partial charge < -0.3 is 80.5 Å². The second-order valence-electron chi connectivity index (χ2n) is 28.0. The molecule has 0 aliphatic carbocycles. The van der Waals surface area contributed by atoms with E-state index in [1.165, 1.54) is 0 Å². The molecule has 0 N–H and O–H groups in total. The molecule has 1 unspecified atom stereocenters. The molecule has 2 aromatic heterocycles. The van der Waals surface area contributed by atoms with Gasteiger partial charge in [-0.25, -0.2) is 19.6 Å². The van der Waals surface area contributed by atoms with Crippen molar-refractivity contribution in [3.63, 3.8) is 0 Å². The molecule has 15 atom stereocenters. The first-order chi connectivity index (χ1) is 54.5. The number of esters is 2. The summed E-state index contributed by atoms with van der Waals surface area (Å²) in [5.41, 5.74) is 6.46. The lowest BCUT2D eigenvalue weighted by molar-refractivity contribution is -0.269. The van der Waals surface area contributed by atoms with Crippen molar-refractivity contribution < 1.29 is 90.1 Å². The first-order valence-electron chi connectivity index (χ1n) is 37.4. The molecule has 0 saturated carbocycles. The molecule has 0 radical (unpaired) electrons. The Bertz CT molecular complexity index is 4750. The Morgan fingerprint density at radius 1 is 0.414 bits per heavy atom. The van der Waals surface area contributed by atoms with Crippen molar-refractivity contribution in [3.8, 4) is 11.5 Å². The predicted molar refractivity (Wildman–Crippen MR) is 408 cm³/mol. The highest BCUT2D eigenvalue weighted by atomic mass is 16.8. The number of nitrogens with zero attached hydrogens (tertiary/aromatic N) is 2. The third kappa shape index (κ3) is 19.6. The van der Waals surface area contributed by atoms with E-state index in [2.05, 4.69) is 4.98 Å². The van der Waals surface area contributed by atoms with Crippen LogP contribution in [0.5, 0.6) is 11.5 Å². The molecular weight excluding hydrogens is 1410 g/mol. The normalized spacial score (nSPS) is 24.0. The summed E-state index contributed by atoms with van der Waals surface area (Å²) in [5.74, 6) is -1.57. The van der Waals surface area contributed by atoms with Gasteiger partial charge in [-0.05, 0) is 95.8 Å². The second kappa shape index (κ2) is 36.8. The van der Waals surface area contributed by atoms with Gasteiger partial charge in [0.1, 0.15) is 90.5 Å². The summed E-state index contributed by atoms with van der Waals surface area (Å²) in [6.07, 6.45) is -17.7. The van der Waals surface area contributed by atoms with E-state index in [0.29, 0.717) is 22.5 Å². The fourth-order valence-corrected chi connectivity index (χ4v) is 14.1. The van der Waals surface area contributed by atoms with E-state index >= 15 is 0 Å². The van der Waals surface area contributed by atoms with Gasteiger partial charge in [0.25, 0.3) is 0 Å². The van der Waals surface area contributed by atoms with Crippen molar-refractivity contribution in [1.29, 1.82) is 0 Å². The minimum Gasteiger partial charge on any atom is -0.497 e. The lowest BCUT2D eigenvalue weighted by Gasteiger charge is -2.33. The van der Waals surface area contributed by atoms with Crippen LogP contribution in [0.4, 0.5) is 0 Å².